The number of nitrogens with one attached hydrogen (secondary N) is 1. The molecule has 1 heterocycles. The minimum absolute atomic E-state index is 0.426. The zero-order chi connectivity index (χ0) is 20.1. The van der Waals surface area contributed by atoms with Gasteiger partial charge in [0.15, 0.2) is 6.10 Å². The number of halogens is 1. The Morgan fingerprint density at radius 3 is 2.50 bits per heavy atom. The number of amides is 1. The molecule has 0 saturated carbocycles. The minimum atomic E-state index is -1.35. The number of nitrogens with zero attached hydrogens (tertiary/aromatic N) is 1. The molecule has 1 saturated heterocycles. The molecule has 3 rings (SSSR count). The molecule has 2 aromatic rings. The van der Waals surface area contributed by atoms with E-state index in [1.807, 2.05) is 54.6 Å². The van der Waals surface area contributed by atoms with Gasteiger partial charge in [-0.25, -0.2) is 4.79 Å². The molecule has 0 aromatic heterocycles. The zero-order valence-electron chi connectivity index (χ0n) is 15.5. The van der Waals surface area contributed by atoms with Crippen molar-refractivity contribution in [3.05, 3.63) is 64.6 Å². The Kier molecular flexibility index (Phi) is 6.70. The molecule has 7 heteroatoms. The zero-order valence-corrected chi connectivity index (χ0v) is 17.1. The third-order valence-corrected chi connectivity index (χ3v) is 5.43. The fraction of sp³-hybridized carbons (Fsp3) is 0.333. The van der Waals surface area contributed by atoms with Crippen LogP contribution in [0.4, 0.5) is 5.69 Å². The van der Waals surface area contributed by atoms with Crippen LogP contribution in [0.5, 0.6) is 0 Å². The number of hydrogen-bond donors (Lipinski definition) is 2. The molecule has 1 fully saturated rings. The number of likely N-dealkylation sites (tertiary alicyclic amines) is 1. The Bertz CT molecular complexity index is 813. The van der Waals surface area contributed by atoms with Gasteiger partial charge in [-0.2, -0.15) is 0 Å². The van der Waals surface area contributed by atoms with Crippen LogP contribution in [0.1, 0.15) is 24.4 Å². The first-order chi connectivity index (χ1) is 13.5. The molecule has 0 unspecified atom stereocenters. The Hall–Kier alpha value is -2.38. The van der Waals surface area contributed by atoms with Gasteiger partial charge in [0.25, 0.3) is 5.91 Å². The SMILES string of the molecule is COC(=O)[C@@H]1CCCN1C(=O)[C@H](O)[C@H](Nc1ccc(Br)cc1)c1ccccc1. The van der Waals surface area contributed by atoms with Crippen LogP contribution >= 0.6 is 15.9 Å². The van der Waals surface area contributed by atoms with E-state index in [9.17, 15) is 14.7 Å². The molecule has 3 atom stereocenters. The molecule has 2 aromatic carbocycles. The summed E-state index contributed by atoms with van der Waals surface area (Å²) in [6, 6.07) is 15.5. The summed E-state index contributed by atoms with van der Waals surface area (Å²) in [5.74, 6) is -0.929. The Morgan fingerprint density at radius 2 is 1.86 bits per heavy atom. The van der Waals surface area contributed by atoms with Gasteiger partial charge in [-0.3, -0.25) is 4.79 Å². The molecule has 1 aliphatic rings. The number of rotatable bonds is 6. The van der Waals surface area contributed by atoms with Gasteiger partial charge in [-0.05, 0) is 42.7 Å². The maximum Gasteiger partial charge on any atom is 0.328 e. The molecule has 148 valence electrons. The summed E-state index contributed by atoms with van der Waals surface area (Å²) >= 11 is 3.40. The Labute approximate surface area is 172 Å². The lowest BCUT2D eigenvalue weighted by atomic mass is 9.99. The second-order valence-corrected chi connectivity index (χ2v) is 7.61. The van der Waals surface area contributed by atoms with Crippen LogP contribution in [0, 0.1) is 0 Å². The van der Waals surface area contributed by atoms with Crippen LogP contribution < -0.4 is 5.32 Å². The molecule has 28 heavy (non-hydrogen) atoms. The fourth-order valence-electron chi connectivity index (χ4n) is 3.45. The Balaban J connectivity index is 1.85. The average molecular weight is 447 g/mol. The number of carbonyl (C=O) groups is 2. The normalized spacial score (nSPS) is 18.4. The highest BCUT2D eigenvalue weighted by molar-refractivity contribution is 9.10. The van der Waals surface area contributed by atoms with Gasteiger partial charge in [0.2, 0.25) is 0 Å². The van der Waals surface area contributed by atoms with E-state index in [0.29, 0.717) is 19.4 Å². The van der Waals surface area contributed by atoms with Gasteiger partial charge in [0.05, 0.1) is 13.2 Å². The van der Waals surface area contributed by atoms with Crippen LogP contribution in [0.2, 0.25) is 0 Å². The van der Waals surface area contributed by atoms with E-state index in [-0.39, 0.29) is 0 Å². The lowest BCUT2D eigenvalue weighted by molar-refractivity contribution is -0.154. The van der Waals surface area contributed by atoms with Gasteiger partial charge < -0.3 is 20.1 Å². The average Bonchev–Trinajstić information content (AvgIpc) is 3.22. The van der Waals surface area contributed by atoms with E-state index in [4.69, 9.17) is 4.74 Å². The summed E-state index contributed by atoms with van der Waals surface area (Å²) in [5.41, 5.74) is 1.55. The molecule has 6 nitrogen and oxygen atoms in total. The lowest BCUT2D eigenvalue weighted by Gasteiger charge is -2.30. The molecule has 1 amide bonds. The molecule has 2 N–H and O–H groups in total. The summed E-state index contributed by atoms with van der Waals surface area (Å²) < 4.78 is 5.75. The van der Waals surface area contributed by atoms with Gasteiger partial charge in [0.1, 0.15) is 6.04 Å². The Morgan fingerprint density at radius 1 is 1.18 bits per heavy atom. The van der Waals surface area contributed by atoms with Crippen molar-refractivity contribution in [3.63, 3.8) is 0 Å². The van der Waals surface area contributed by atoms with E-state index in [1.165, 1.54) is 12.0 Å². The maximum atomic E-state index is 13.1. The van der Waals surface area contributed by atoms with E-state index in [2.05, 4.69) is 21.2 Å². The topological polar surface area (TPSA) is 78.9 Å². The number of carbonyl (C=O) groups excluding carboxylic acids is 2. The van der Waals surface area contributed by atoms with Crippen molar-refractivity contribution in [2.45, 2.75) is 31.0 Å². The van der Waals surface area contributed by atoms with Crippen molar-refractivity contribution in [2.75, 3.05) is 19.0 Å². The highest BCUT2D eigenvalue weighted by Gasteiger charge is 2.40. The monoisotopic (exact) mass is 446 g/mol. The van der Waals surface area contributed by atoms with E-state index in [0.717, 1.165) is 15.7 Å². The molecule has 1 aliphatic heterocycles. The van der Waals surface area contributed by atoms with E-state index >= 15 is 0 Å². The number of esters is 1. The van der Waals surface area contributed by atoms with Crippen molar-refractivity contribution >= 4 is 33.5 Å². The van der Waals surface area contributed by atoms with E-state index < -0.39 is 30.1 Å². The first-order valence-corrected chi connectivity index (χ1v) is 9.94. The van der Waals surface area contributed by atoms with Crippen molar-refractivity contribution in [1.82, 2.24) is 4.90 Å². The van der Waals surface area contributed by atoms with Crippen molar-refractivity contribution in [2.24, 2.45) is 0 Å². The number of ether oxygens (including phenoxy) is 1. The number of aliphatic hydroxyl groups excluding tert-OH is 1. The molecule has 0 aliphatic carbocycles. The first-order valence-electron chi connectivity index (χ1n) is 9.14. The summed E-state index contributed by atoms with van der Waals surface area (Å²) in [6.07, 6.45) is -0.105. The van der Waals surface area contributed by atoms with Crippen LogP contribution in [0.3, 0.4) is 0 Å². The molecule has 0 spiro atoms. The summed E-state index contributed by atoms with van der Waals surface area (Å²) in [6.45, 7) is 0.426. The van der Waals surface area contributed by atoms with Crippen LogP contribution in [0.15, 0.2) is 59.1 Å². The van der Waals surface area contributed by atoms with Crippen molar-refractivity contribution in [3.8, 4) is 0 Å². The highest BCUT2D eigenvalue weighted by atomic mass is 79.9. The highest BCUT2D eigenvalue weighted by Crippen LogP contribution is 2.27. The number of methoxy groups -OCH3 is 1. The predicted octanol–water partition coefficient (Wildman–Crippen LogP) is 3.13. The third-order valence-electron chi connectivity index (χ3n) is 4.90. The van der Waals surface area contributed by atoms with Gasteiger partial charge in [-0.15, -0.1) is 0 Å². The minimum Gasteiger partial charge on any atom is -0.467 e. The van der Waals surface area contributed by atoms with Gasteiger partial charge >= 0.3 is 5.97 Å². The number of hydrogen-bond acceptors (Lipinski definition) is 5. The summed E-state index contributed by atoms with van der Waals surface area (Å²) in [7, 11) is 1.31. The molecule has 0 radical (unpaired) electrons. The maximum absolute atomic E-state index is 13.1. The summed E-state index contributed by atoms with van der Waals surface area (Å²) in [5, 5.41) is 14.2. The first kappa shape index (κ1) is 20.4. The number of benzene rings is 2. The molecule has 0 bridgehead atoms. The van der Waals surface area contributed by atoms with Crippen LogP contribution in [0.25, 0.3) is 0 Å². The molecular weight excluding hydrogens is 424 g/mol. The van der Waals surface area contributed by atoms with Gasteiger partial charge in [0, 0.05) is 16.7 Å². The third kappa shape index (κ3) is 4.54. The fourth-order valence-corrected chi connectivity index (χ4v) is 3.72. The predicted molar refractivity (Wildman–Crippen MR) is 110 cm³/mol. The quantitative estimate of drug-likeness (QED) is 0.666. The number of aliphatic hydroxyl groups is 1. The van der Waals surface area contributed by atoms with Gasteiger partial charge in [-0.1, -0.05) is 46.3 Å². The van der Waals surface area contributed by atoms with Crippen molar-refractivity contribution in [1.29, 1.82) is 0 Å². The standard InChI is InChI=1S/C21H23BrN2O4/c1-28-21(27)17-8-5-13-24(17)20(26)19(25)18(14-6-3-2-4-7-14)23-16-11-9-15(22)10-12-16/h2-4,6-7,9-12,17-19,23,25H,5,8,13H2,1H3/t17-,18+,19+/m0/s1. The number of anilines is 1. The smallest absolute Gasteiger partial charge is 0.328 e. The van der Waals surface area contributed by atoms with E-state index in [1.54, 1.807) is 0 Å². The lowest BCUT2D eigenvalue weighted by Crippen LogP contribution is -2.48. The molecular formula is C21H23BrN2O4. The second kappa shape index (κ2) is 9.21. The summed E-state index contributed by atoms with van der Waals surface area (Å²) in [4.78, 5) is 26.5. The second-order valence-electron chi connectivity index (χ2n) is 6.70. The van der Waals surface area contributed by atoms with Crippen LogP contribution in [-0.2, 0) is 14.3 Å². The van der Waals surface area contributed by atoms with Crippen molar-refractivity contribution < 1.29 is 19.4 Å². The van der Waals surface area contributed by atoms with Crippen LogP contribution in [-0.4, -0.2) is 47.7 Å². The largest absolute Gasteiger partial charge is 0.467 e.